The van der Waals surface area contributed by atoms with Gasteiger partial charge in [-0.2, -0.15) is 0 Å². The number of carbonyl (C=O) groups excluding carboxylic acids is 1. The zero-order valence-corrected chi connectivity index (χ0v) is 12.5. The molecule has 0 unspecified atom stereocenters. The van der Waals surface area contributed by atoms with Crippen molar-refractivity contribution < 1.29 is 4.79 Å². The largest absolute Gasteiger partial charge is 0.355 e. The fourth-order valence-corrected chi connectivity index (χ4v) is 2.52. The van der Waals surface area contributed by atoms with E-state index in [0.29, 0.717) is 12.1 Å². The standard InChI is InChI=1S/C17H17N3O2/c1-11-3-8-15-14(9-11)19-17(22)20(15)10-12-4-6-13(7-5-12)16(21)18-2/h3-9H,10H2,1-2H3,(H,18,21)(H,19,22). The van der Waals surface area contributed by atoms with Crippen molar-refractivity contribution in [3.05, 3.63) is 69.6 Å². The Morgan fingerprint density at radius 3 is 2.59 bits per heavy atom. The number of imidazole rings is 1. The van der Waals surface area contributed by atoms with E-state index in [4.69, 9.17) is 0 Å². The van der Waals surface area contributed by atoms with Gasteiger partial charge in [-0.05, 0) is 42.3 Å². The molecule has 0 aliphatic rings. The summed E-state index contributed by atoms with van der Waals surface area (Å²) in [7, 11) is 1.60. The first-order chi connectivity index (χ1) is 10.6. The SMILES string of the molecule is CNC(=O)c1ccc(Cn2c(=O)[nH]c3cc(C)ccc32)cc1. The molecule has 1 amide bonds. The summed E-state index contributed by atoms with van der Waals surface area (Å²) in [5.74, 6) is -0.119. The highest BCUT2D eigenvalue weighted by atomic mass is 16.2. The van der Waals surface area contributed by atoms with Gasteiger partial charge in [-0.25, -0.2) is 4.79 Å². The van der Waals surface area contributed by atoms with Crippen LogP contribution in [-0.2, 0) is 6.54 Å². The van der Waals surface area contributed by atoms with Gasteiger partial charge in [-0.3, -0.25) is 9.36 Å². The maximum absolute atomic E-state index is 12.1. The van der Waals surface area contributed by atoms with Crippen LogP contribution >= 0.6 is 0 Å². The molecule has 3 aromatic rings. The lowest BCUT2D eigenvalue weighted by Gasteiger charge is -2.05. The van der Waals surface area contributed by atoms with Crippen molar-refractivity contribution in [2.45, 2.75) is 13.5 Å². The van der Waals surface area contributed by atoms with Crippen LogP contribution in [0.1, 0.15) is 21.5 Å². The molecule has 0 radical (unpaired) electrons. The molecule has 2 aromatic carbocycles. The Bertz CT molecular complexity index is 888. The first-order valence-electron chi connectivity index (χ1n) is 7.08. The van der Waals surface area contributed by atoms with E-state index in [1.165, 1.54) is 0 Å². The summed E-state index contributed by atoms with van der Waals surface area (Å²) >= 11 is 0. The molecular formula is C17H17N3O2. The molecule has 0 saturated carbocycles. The number of rotatable bonds is 3. The molecule has 0 atom stereocenters. The Hall–Kier alpha value is -2.82. The van der Waals surface area contributed by atoms with Gasteiger partial charge < -0.3 is 10.3 Å². The maximum atomic E-state index is 12.1. The van der Waals surface area contributed by atoms with Crippen LogP contribution < -0.4 is 11.0 Å². The number of fused-ring (bicyclic) bond motifs is 1. The average molecular weight is 295 g/mol. The zero-order chi connectivity index (χ0) is 15.7. The second-order valence-corrected chi connectivity index (χ2v) is 5.31. The smallest absolute Gasteiger partial charge is 0.326 e. The van der Waals surface area contributed by atoms with Gasteiger partial charge in [0.15, 0.2) is 0 Å². The molecule has 0 bridgehead atoms. The fourth-order valence-electron chi connectivity index (χ4n) is 2.52. The van der Waals surface area contributed by atoms with Gasteiger partial charge in [0.2, 0.25) is 0 Å². The van der Waals surface area contributed by atoms with E-state index in [1.54, 1.807) is 23.7 Å². The molecule has 0 fully saturated rings. The van der Waals surface area contributed by atoms with Gasteiger partial charge in [0.1, 0.15) is 0 Å². The molecule has 22 heavy (non-hydrogen) atoms. The monoisotopic (exact) mass is 295 g/mol. The van der Waals surface area contributed by atoms with Crippen LogP contribution in [0.2, 0.25) is 0 Å². The third-order valence-corrected chi connectivity index (χ3v) is 3.71. The number of hydrogen-bond donors (Lipinski definition) is 2. The van der Waals surface area contributed by atoms with Crippen molar-refractivity contribution in [1.29, 1.82) is 0 Å². The number of hydrogen-bond acceptors (Lipinski definition) is 2. The predicted molar refractivity (Wildman–Crippen MR) is 86.2 cm³/mol. The maximum Gasteiger partial charge on any atom is 0.326 e. The molecule has 0 aliphatic carbocycles. The molecule has 5 heteroatoms. The number of nitrogens with zero attached hydrogens (tertiary/aromatic N) is 1. The number of carbonyl (C=O) groups is 1. The fraction of sp³-hybridized carbons (Fsp3) is 0.176. The van der Waals surface area contributed by atoms with E-state index in [2.05, 4.69) is 10.3 Å². The topological polar surface area (TPSA) is 66.9 Å². The van der Waals surface area contributed by atoms with Crippen molar-refractivity contribution in [2.24, 2.45) is 0 Å². The summed E-state index contributed by atoms with van der Waals surface area (Å²) < 4.78 is 1.70. The van der Waals surface area contributed by atoms with Gasteiger partial charge in [0, 0.05) is 12.6 Å². The molecule has 3 rings (SSSR count). The van der Waals surface area contributed by atoms with Crippen molar-refractivity contribution in [2.75, 3.05) is 7.05 Å². The lowest BCUT2D eigenvalue weighted by molar-refractivity contribution is 0.0963. The minimum absolute atomic E-state index is 0.119. The van der Waals surface area contributed by atoms with E-state index in [1.807, 2.05) is 37.3 Å². The summed E-state index contributed by atoms with van der Waals surface area (Å²) in [6.07, 6.45) is 0. The Morgan fingerprint density at radius 1 is 1.18 bits per heavy atom. The number of nitrogens with one attached hydrogen (secondary N) is 2. The molecule has 112 valence electrons. The highest BCUT2D eigenvalue weighted by molar-refractivity contribution is 5.93. The number of aryl methyl sites for hydroxylation is 1. The molecule has 0 aliphatic heterocycles. The molecule has 1 heterocycles. The van der Waals surface area contributed by atoms with Gasteiger partial charge >= 0.3 is 5.69 Å². The van der Waals surface area contributed by atoms with Gasteiger partial charge in [-0.15, -0.1) is 0 Å². The predicted octanol–water partition coefficient (Wildman–Crippen LogP) is 2.05. The summed E-state index contributed by atoms with van der Waals surface area (Å²) in [4.78, 5) is 26.5. The summed E-state index contributed by atoms with van der Waals surface area (Å²) in [5, 5.41) is 2.59. The summed E-state index contributed by atoms with van der Waals surface area (Å²) in [6.45, 7) is 2.46. The van der Waals surface area contributed by atoms with Crippen LogP contribution in [0.4, 0.5) is 0 Å². The van der Waals surface area contributed by atoms with Crippen LogP contribution in [0, 0.1) is 6.92 Å². The highest BCUT2D eigenvalue weighted by Crippen LogP contribution is 2.14. The Balaban J connectivity index is 1.95. The zero-order valence-electron chi connectivity index (χ0n) is 12.5. The van der Waals surface area contributed by atoms with E-state index >= 15 is 0 Å². The van der Waals surface area contributed by atoms with Crippen LogP contribution in [0.15, 0.2) is 47.3 Å². The second-order valence-electron chi connectivity index (χ2n) is 5.31. The molecule has 1 aromatic heterocycles. The van der Waals surface area contributed by atoms with E-state index < -0.39 is 0 Å². The van der Waals surface area contributed by atoms with Crippen molar-refractivity contribution in [3.8, 4) is 0 Å². The second kappa shape index (κ2) is 5.52. The molecule has 2 N–H and O–H groups in total. The third-order valence-electron chi connectivity index (χ3n) is 3.71. The van der Waals surface area contributed by atoms with Crippen LogP contribution in [0.3, 0.4) is 0 Å². The molecule has 0 spiro atoms. The van der Waals surface area contributed by atoms with Crippen LogP contribution in [0.5, 0.6) is 0 Å². The quantitative estimate of drug-likeness (QED) is 0.776. The van der Waals surface area contributed by atoms with Gasteiger partial charge in [0.25, 0.3) is 5.91 Å². The van der Waals surface area contributed by atoms with E-state index in [9.17, 15) is 9.59 Å². The molecule has 0 saturated heterocycles. The third kappa shape index (κ3) is 2.53. The first kappa shape index (κ1) is 14.1. The van der Waals surface area contributed by atoms with Crippen molar-refractivity contribution >= 4 is 16.9 Å². The van der Waals surface area contributed by atoms with E-state index in [-0.39, 0.29) is 11.6 Å². The molecule has 5 nitrogen and oxygen atoms in total. The number of benzene rings is 2. The van der Waals surface area contributed by atoms with Crippen molar-refractivity contribution in [3.63, 3.8) is 0 Å². The Kier molecular flexibility index (Phi) is 3.55. The Labute approximate surface area is 127 Å². The van der Waals surface area contributed by atoms with Gasteiger partial charge in [0.05, 0.1) is 17.6 Å². The number of aromatic nitrogens is 2. The lowest BCUT2D eigenvalue weighted by Crippen LogP contribution is -2.18. The number of amides is 1. The molecular weight excluding hydrogens is 278 g/mol. The average Bonchev–Trinajstić information content (AvgIpc) is 2.82. The summed E-state index contributed by atoms with van der Waals surface area (Å²) in [6, 6.07) is 13.1. The van der Waals surface area contributed by atoms with Gasteiger partial charge in [-0.1, -0.05) is 18.2 Å². The normalized spacial score (nSPS) is 10.8. The Morgan fingerprint density at radius 2 is 1.91 bits per heavy atom. The number of aromatic amines is 1. The van der Waals surface area contributed by atoms with Crippen molar-refractivity contribution in [1.82, 2.24) is 14.9 Å². The number of H-pyrrole nitrogens is 1. The van der Waals surface area contributed by atoms with Crippen LogP contribution in [0.25, 0.3) is 11.0 Å². The first-order valence-corrected chi connectivity index (χ1v) is 7.08. The van der Waals surface area contributed by atoms with E-state index in [0.717, 1.165) is 22.2 Å². The highest BCUT2D eigenvalue weighted by Gasteiger charge is 2.08. The minimum Gasteiger partial charge on any atom is -0.355 e. The lowest BCUT2D eigenvalue weighted by atomic mass is 10.1. The van der Waals surface area contributed by atoms with Crippen LogP contribution in [-0.4, -0.2) is 22.5 Å². The summed E-state index contributed by atoms with van der Waals surface area (Å²) in [5.41, 5.74) is 4.27. The minimum atomic E-state index is -0.129.